The number of benzene rings is 1. The lowest BCUT2D eigenvalue weighted by Gasteiger charge is -2.13. The summed E-state index contributed by atoms with van der Waals surface area (Å²) in [5.41, 5.74) is 1.98. The molecule has 0 aliphatic heterocycles. The summed E-state index contributed by atoms with van der Waals surface area (Å²) in [4.78, 5) is 11.8. The molecule has 0 radical (unpaired) electrons. The van der Waals surface area contributed by atoms with Crippen LogP contribution in [-0.2, 0) is 4.79 Å². The first-order valence-corrected chi connectivity index (χ1v) is 6.22. The van der Waals surface area contributed by atoms with Crippen LogP contribution in [0.15, 0.2) is 35.3 Å². The van der Waals surface area contributed by atoms with E-state index in [1.54, 1.807) is 0 Å². The van der Waals surface area contributed by atoms with E-state index in [0.29, 0.717) is 6.54 Å². The van der Waals surface area contributed by atoms with Crippen LogP contribution in [0.25, 0.3) is 0 Å². The zero-order chi connectivity index (χ0) is 12.8. The molecule has 0 aliphatic rings. The summed E-state index contributed by atoms with van der Waals surface area (Å²) in [6, 6.07) is 7.46. The molecular formula is C13H17BrN2O. The first-order valence-electron chi connectivity index (χ1n) is 5.43. The molecule has 1 unspecified atom stereocenters. The molecule has 92 valence electrons. The number of hydrogen-bond acceptors (Lipinski definition) is 2. The van der Waals surface area contributed by atoms with Gasteiger partial charge in [0.1, 0.15) is 0 Å². The maximum atomic E-state index is 11.8. The Balaban J connectivity index is 2.48. The minimum Gasteiger partial charge on any atom is -0.325 e. The molecule has 0 aromatic heterocycles. The Kier molecular flexibility index (Phi) is 5.38. The maximum absolute atomic E-state index is 11.8. The van der Waals surface area contributed by atoms with Crippen molar-refractivity contribution in [2.24, 2.45) is 0 Å². The summed E-state index contributed by atoms with van der Waals surface area (Å²) in [7, 11) is 0. The Hall–Kier alpha value is -1.13. The van der Waals surface area contributed by atoms with Gasteiger partial charge in [0.15, 0.2) is 0 Å². The summed E-state index contributed by atoms with van der Waals surface area (Å²) in [5.74, 6) is -0.0531. The fourth-order valence-electron chi connectivity index (χ4n) is 1.24. The minimum absolute atomic E-state index is 0.0531. The third kappa shape index (κ3) is 5.15. The second-order valence-electron chi connectivity index (χ2n) is 3.98. The minimum atomic E-state index is -0.259. The molecule has 3 nitrogen and oxygen atoms in total. The van der Waals surface area contributed by atoms with Crippen LogP contribution in [0.1, 0.15) is 12.5 Å². The van der Waals surface area contributed by atoms with Crippen molar-refractivity contribution in [2.45, 2.75) is 19.9 Å². The van der Waals surface area contributed by atoms with Crippen LogP contribution in [0.4, 0.5) is 5.69 Å². The number of carbonyl (C=O) groups is 1. The highest BCUT2D eigenvalue weighted by Crippen LogP contribution is 2.09. The predicted molar refractivity (Wildman–Crippen MR) is 75.3 cm³/mol. The molecule has 4 heteroatoms. The summed E-state index contributed by atoms with van der Waals surface area (Å²) in [6.45, 7) is 8.10. The summed E-state index contributed by atoms with van der Waals surface area (Å²) >= 11 is 3.24. The van der Waals surface area contributed by atoms with Gasteiger partial charge in [0.05, 0.1) is 6.04 Å². The molecule has 1 aromatic carbocycles. The van der Waals surface area contributed by atoms with Gasteiger partial charge < -0.3 is 10.6 Å². The molecule has 0 aliphatic carbocycles. The second kappa shape index (κ2) is 6.57. The lowest BCUT2D eigenvalue weighted by atomic mass is 10.2. The molecule has 0 spiro atoms. The van der Waals surface area contributed by atoms with Gasteiger partial charge in [-0.15, -0.1) is 0 Å². The highest BCUT2D eigenvalue weighted by atomic mass is 79.9. The molecule has 0 fully saturated rings. The molecule has 17 heavy (non-hydrogen) atoms. The lowest BCUT2D eigenvalue weighted by molar-refractivity contribution is -0.117. The Bertz CT molecular complexity index is 400. The Labute approximate surface area is 110 Å². The summed E-state index contributed by atoms with van der Waals surface area (Å²) < 4.78 is 0.826. The molecule has 2 N–H and O–H groups in total. The zero-order valence-corrected chi connectivity index (χ0v) is 11.7. The smallest absolute Gasteiger partial charge is 0.241 e. The van der Waals surface area contributed by atoms with Gasteiger partial charge in [-0.3, -0.25) is 4.79 Å². The second-order valence-corrected chi connectivity index (χ2v) is 5.10. The van der Waals surface area contributed by atoms with Crippen molar-refractivity contribution >= 4 is 27.5 Å². The van der Waals surface area contributed by atoms with E-state index >= 15 is 0 Å². The molecule has 1 amide bonds. The van der Waals surface area contributed by atoms with E-state index in [1.165, 1.54) is 5.56 Å². The fourth-order valence-corrected chi connectivity index (χ4v) is 1.41. The normalized spacial score (nSPS) is 11.9. The number of nitrogens with one attached hydrogen (secondary N) is 2. The van der Waals surface area contributed by atoms with E-state index in [9.17, 15) is 4.79 Å². The number of halogens is 1. The van der Waals surface area contributed by atoms with Gasteiger partial charge in [0.25, 0.3) is 0 Å². The van der Waals surface area contributed by atoms with E-state index < -0.39 is 0 Å². The van der Waals surface area contributed by atoms with Crippen molar-refractivity contribution < 1.29 is 4.79 Å². The molecule has 0 saturated heterocycles. The van der Waals surface area contributed by atoms with E-state index in [0.717, 1.165) is 10.2 Å². The monoisotopic (exact) mass is 296 g/mol. The number of carbonyl (C=O) groups excluding carboxylic acids is 1. The van der Waals surface area contributed by atoms with Crippen molar-refractivity contribution in [1.82, 2.24) is 5.32 Å². The molecule has 0 saturated carbocycles. The van der Waals surface area contributed by atoms with Crippen molar-refractivity contribution in [1.29, 1.82) is 0 Å². The fraction of sp³-hybridized carbons (Fsp3) is 0.308. The van der Waals surface area contributed by atoms with Crippen molar-refractivity contribution in [2.75, 3.05) is 11.9 Å². The van der Waals surface area contributed by atoms with Gasteiger partial charge in [0, 0.05) is 16.7 Å². The quantitative estimate of drug-likeness (QED) is 0.877. The molecule has 1 aromatic rings. The van der Waals surface area contributed by atoms with Gasteiger partial charge in [0.2, 0.25) is 5.91 Å². The molecule has 1 rings (SSSR count). The van der Waals surface area contributed by atoms with E-state index in [2.05, 4.69) is 33.1 Å². The Morgan fingerprint density at radius 1 is 1.41 bits per heavy atom. The largest absolute Gasteiger partial charge is 0.325 e. The SMILES string of the molecule is C=C(Br)CNC(C)C(=O)Nc1ccc(C)cc1. The highest BCUT2D eigenvalue weighted by molar-refractivity contribution is 9.11. The Morgan fingerprint density at radius 3 is 2.53 bits per heavy atom. The van der Waals surface area contributed by atoms with Crippen LogP contribution in [0, 0.1) is 6.92 Å². The van der Waals surface area contributed by atoms with Gasteiger partial charge in [-0.05, 0) is 26.0 Å². The van der Waals surface area contributed by atoms with Gasteiger partial charge in [-0.25, -0.2) is 0 Å². The third-order valence-corrected chi connectivity index (χ3v) is 2.59. The molecular weight excluding hydrogens is 280 g/mol. The highest BCUT2D eigenvalue weighted by Gasteiger charge is 2.11. The van der Waals surface area contributed by atoms with E-state index in [4.69, 9.17) is 0 Å². The third-order valence-electron chi connectivity index (χ3n) is 2.31. The first-order chi connectivity index (χ1) is 7.99. The topological polar surface area (TPSA) is 41.1 Å². The van der Waals surface area contributed by atoms with Gasteiger partial charge in [-0.2, -0.15) is 0 Å². The maximum Gasteiger partial charge on any atom is 0.241 e. The molecule has 1 atom stereocenters. The number of aryl methyl sites for hydroxylation is 1. The van der Waals surface area contributed by atoms with Gasteiger partial charge in [-0.1, -0.05) is 40.2 Å². The average molecular weight is 297 g/mol. The summed E-state index contributed by atoms with van der Waals surface area (Å²) in [5, 5.41) is 5.90. The zero-order valence-electron chi connectivity index (χ0n) is 10.1. The van der Waals surface area contributed by atoms with Crippen LogP contribution >= 0.6 is 15.9 Å². The van der Waals surface area contributed by atoms with Crippen LogP contribution in [0.5, 0.6) is 0 Å². The number of hydrogen-bond donors (Lipinski definition) is 2. The number of rotatable bonds is 5. The van der Waals surface area contributed by atoms with Crippen LogP contribution in [0.3, 0.4) is 0 Å². The van der Waals surface area contributed by atoms with Crippen molar-refractivity contribution in [3.8, 4) is 0 Å². The van der Waals surface area contributed by atoms with Crippen LogP contribution in [-0.4, -0.2) is 18.5 Å². The van der Waals surface area contributed by atoms with Crippen molar-refractivity contribution in [3.63, 3.8) is 0 Å². The molecule has 0 heterocycles. The van der Waals surface area contributed by atoms with E-state index in [1.807, 2.05) is 38.1 Å². The van der Waals surface area contributed by atoms with Crippen LogP contribution < -0.4 is 10.6 Å². The predicted octanol–water partition coefficient (Wildman–Crippen LogP) is 2.82. The molecule has 0 bridgehead atoms. The first kappa shape index (κ1) is 13.9. The van der Waals surface area contributed by atoms with Crippen molar-refractivity contribution in [3.05, 3.63) is 40.9 Å². The van der Waals surface area contributed by atoms with E-state index in [-0.39, 0.29) is 11.9 Å². The summed E-state index contributed by atoms with van der Waals surface area (Å²) in [6.07, 6.45) is 0. The standard InChI is InChI=1S/C13H17BrN2O/c1-9-4-6-12(7-5-9)16-13(17)11(3)15-8-10(2)14/h4-7,11,15H,2,8H2,1,3H3,(H,16,17). The Morgan fingerprint density at radius 2 is 2.00 bits per heavy atom. The number of anilines is 1. The number of amides is 1. The van der Waals surface area contributed by atoms with Crippen LogP contribution in [0.2, 0.25) is 0 Å². The van der Waals surface area contributed by atoms with Gasteiger partial charge >= 0.3 is 0 Å². The lowest BCUT2D eigenvalue weighted by Crippen LogP contribution is -2.38. The average Bonchev–Trinajstić information content (AvgIpc) is 2.28.